The standard InChI is InChI=1S/C20H19FN6O3/c1-12-6-13(8-22-7-12)9-27-10-14(21)17(25-27)19(28)24-15-11-30-16-4-3-5-23-18(16)26(2)20(15)29/h3-8,10,15H,9,11H2,1-2H3,(H,24,28)/t15-/m0/s1. The number of halogens is 1. The summed E-state index contributed by atoms with van der Waals surface area (Å²) in [5, 5.41) is 6.54. The van der Waals surface area contributed by atoms with Crippen molar-refractivity contribution in [2.45, 2.75) is 19.5 Å². The van der Waals surface area contributed by atoms with Crippen LogP contribution in [0, 0.1) is 12.7 Å². The topological polar surface area (TPSA) is 102 Å². The monoisotopic (exact) mass is 410 g/mol. The van der Waals surface area contributed by atoms with Crippen molar-refractivity contribution < 1.29 is 18.7 Å². The van der Waals surface area contributed by atoms with Crippen LogP contribution in [0.25, 0.3) is 0 Å². The molecule has 1 aliphatic rings. The van der Waals surface area contributed by atoms with Crippen molar-refractivity contribution in [3.8, 4) is 5.75 Å². The van der Waals surface area contributed by atoms with Gasteiger partial charge in [-0.2, -0.15) is 5.10 Å². The summed E-state index contributed by atoms with van der Waals surface area (Å²) in [6.45, 7) is 2.05. The molecule has 4 heterocycles. The van der Waals surface area contributed by atoms with Crippen LogP contribution in [0.4, 0.5) is 10.2 Å². The SMILES string of the molecule is Cc1cncc(Cn2cc(F)c(C(=O)N[C@H]3COc4cccnc4N(C)C3=O)n2)c1. The minimum Gasteiger partial charge on any atom is -0.487 e. The number of hydrogen-bond donors (Lipinski definition) is 1. The number of fused-ring (bicyclic) bond motifs is 1. The van der Waals surface area contributed by atoms with Crippen LogP contribution in [-0.4, -0.2) is 51.3 Å². The minimum absolute atomic E-state index is 0.106. The summed E-state index contributed by atoms with van der Waals surface area (Å²) in [6.07, 6.45) is 6.03. The fraction of sp³-hybridized carbons (Fsp3) is 0.250. The van der Waals surface area contributed by atoms with Gasteiger partial charge in [-0.1, -0.05) is 6.07 Å². The van der Waals surface area contributed by atoms with Crippen molar-refractivity contribution in [2.24, 2.45) is 0 Å². The normalized spacial score (nSPS) is 15.9. The smallest absolute Gasteiger partial charge is 0.275 e. The van der Waals surface area contributed by atoms with E-state index in [1.807, 2.05) is 13.0 Å². The maximum absolute atomic E-state index is 14.4. The summed E-state index contributed by atoms with van der Waals surface area (Å²) in [5.74, 6) is -1.24. The molecular weight excluding hydrogens is 391 g/mol. The van der Waals surface area contributed by atoms with Crippen LogP contribution < -0.4 is 15.0 Å². The van der Waals surface area contributed by atoms with Gasteiger partial charge in [0.25, 0.3) is 11.8 Å². The average Bonchev–Trinajstić information content (AvgIpc) is 3.04. The summed E-state index contributed by atoms with van der Waals surface area (Å²) in [6, 6.07) is 4.25. The van der Waals surface area contributed by atoms with Crippen molar-refractivity contribution >= 4 is 17.6 Å². The second kappa shape index (κ2) is 7.90. The zero-order valence-electron chi connectivity index (χ0n) is 16.4. The predicted octanol–water partition coefficient (Wildman–Crippen LogP) is 1.32. The van der Waals surface area contributed by atoms with Crippen molar-refractivity contribution in [1.82, 2.24) is 25.1 Å². The van der Waals surface area contributed by atoms with Crippen LogP contribution >= 0.6 is 0 Å². The van der Waals surface area contributed by atoms with Gasteiger partial charge in [0.1, 0.15) is 12.6 Å². The van der Waals surface area contributed by atoms with Crippen LogP contribution in [0.5, 0.6) is 5.75 Å². The van der Waals surface area contributed by atoms with Gasteiger partial charge in [-0.3, -0.25) is 24.2 Å². The molecule has 0 spiro atoms. The Bertz CT molecular complexity index is 1120. The van der Waals surface area contributed by atoms with Crippen LogP contribution in [0.2, 0.25) is 0 Å². The van der Waals surface area contributed by atoms with E-state index in [0.29, 0.717) is 11.6 Å². The fourth-order valence-electron chi connectivity index (χ4n) is 3.18. The summed E-state index contributed by atoms with van der Waals surface area (Å²) >= 11 is 0. The third-order valence-corrected chi connectivity index (χ3v) is 4.62. The van der Waals surface area contributed by atoms with Crippen LogP contribution in [0.3, 0.4) is 0 Å². The molecular formula is C20H19FN6O3. The van der Waals surface area contributed by atoms with E-state index >= 15 is 0 Å². The van der Waals surface area contributed by atoms with Gasteiger partial charge in [-0.25, -0.2) is 9.37 Å². The Morgan fingerprint density at radius 1 is 1.40 bits per heavy atom. The summed E-state index contributed by atoms with van der Waals surface area (Å²) in [7, 11) is 1.53. The Hall–Kier alpha value is -3.82. The molecule has 3 aromatic rings. The molecule has 10 heteroatoms. The number of anilines is 1. The summed E-state index contributed by atoms with van der Waals surface area (Å²) < 4.78 is 21.3. The summed E-state index contributed by atoms with van der Waals surface area (Å²) in [4.78, 5) is 34.8. The quantitative estimate of drug-likeness (QED) is 0.696. The average molecular weight is 410 g/mol. The van der Waals surface area contributed by atoms with Gasteiger partial charge < -0.3 is 10.1 Å². The number of hydrogen-bond acceptors (Lipinski definition) is 6. The van der Waals surface area contributed by atoms with Crippen molar-refractivity contribution in [2.75, 3.05) is 18.6 Å². The minimum atomic E-state index is -1.01. The second-order valence-electron chi connectivity index (χ2n) is 6.95. The van der Waals surface area contributed by atoms with Gasteiger partial charge in [0.05, 0.1) is 12.7 Å². The Morgan fingerprint density at radius 3 is 3.03 bits per heavy atom. The lowest BCUT2D eigenvalue weighted by Crippen LogP contribution is -2.49. The first kappa shape index (κ1) is 19.5. The Labute approximate surface area is 171 Å². The number of carbonyl (C=O) groups excluding carboxylic acids is 2. The molecule has 1 N–H and O–H groups in total. The molecule has 0 fully saturated rings. The number of nitrogens with zero attached hydrogens (tertiary/aromatic N) is 5. The first-order chi connectivity index (χ1) is 14.4. The molecule has 0 aliphatic carbocycles. The molecule has 0 aromatic carbocycles. The molecule has 0 bridgehead atoms. The Morgan fingerprint density at radius 2 is 2.23 bits per heavy atom. The number of likely N-dealkylation sites (N-methyl/N-ethyl adjacent to an activating group) is 1. The molecule has 0 radical (unpaired) electrons. The Balaban J connectivity index is 1.49. The lowest BCUT2D eigenvalue weighted by Gasteiger charge is -2.19. The number of carbonyl (C=O) groups is 2. The van der Waals surface area contributed by atoms with E-state index in [-0.39, 0.29) is 13.2 Å². The van der Waals surface area contributed by atoms with Gasteiger partial charge in [0, 0.05) is 25.6 Å². The zero-order chi connectivity index (χ0) is 21.3. The van der Waals surface area contributed by atoms with Crippen molar-refractivity contribution in [3.05, 3.63) is 65.6 Å². The van der Waals surface area contributed by atoms with E-state index in [2.05, 4.69) is 20.4 Å². The number of rotatable bonds is 4. The number of aryl methyl sites for hydroxylation is 1. The van der Waals surface area contributed by atoms with E-state index in [0.717, 1.165) is 17.3 Å². The number of pyridine rings is 2. The van der Waals surface area contributed by atoms with Crippen LogP contribution in [0.15, 0.2) is 43.0 Å². The molecule has 0 saturated heterocycles. The Kier molecular flexibility index (Phi) is 5.13. The fourth-order valence-corrected chi connectivity index (χ4v) is 3.18. The molecule has 3 aromatic heterocycles. The molecule has 2 amide bonds. The lowest BCUT2D eigenvalue weighted by molar-refractivity contribution is -0.120. The molecule has 0 unspecified atom stereocenters. The van der Waals surface area contributed by atoms with Gasteiger partial charge in [-0.05, 0) is 30.2 Å². The maximum atomic E-state index is 14.4. The highest BCUT2D eigenvalue weighted by Gasteiger charge is 2.32. The zero-order valence-corrected chi connectivity index (χ0v) is 16.4. The van der Waals surface area contributed by atoms with Gasteiger partial charge in [0.15, 0.2) is 23.1 Å². The molecule has 30 heavy (non-hydrogen) atoms. The highest BCUT2D eigenvalue weighted by molar-refractivity contribution is 6.02. The molecule has 1 atom stereocenters. The number of nitrogens with one attached hydrogen (secondary N) is 1. The van der Waals surface area contributed by atoms with Crippen molar-refractivity contribution in [3.63, 3.8) is 0 Å². The molecule has 1 aliphatic heterocycles. The molecule has 4 rings (SSSR count). The first-order valence-electron chi connectivity index (χ1n) is 9.22. The molecule has 9 nitrogen and oxygen atoms in total. The third-order valence-electron chi connectivity index (χ3n) is 4.62. The summed E-state index contributed by atoms with van der Waals surface area (Å²) in [5.41, 5.74) is 1.39. The third kappa shape index (κ3) is 3.84. The number of ether oxygens (including phenoxy) is 1. The van der Waals surface area contributed by atoms with Gasteiger partial charge in [0.2, 0.25) is 0 Å². The first-order valence-corrected chi connectivity index (χ1v) is 9.22. The predicted molar refractivity (Wildman–Crippen MR) is 105 cm³/mol. The maximum Gasteiger partial charge on any atom is 0.275 e. The van der Waals surface area contributed by atoms with Crippen LogP contribution in [0.1, 0.15) is 21.6 Å². The highest BCUT2D eigenvalue weighted by atomic mass is 19.1. The van der Waals surface area contributed by atoms with E-state index in [1.54, 1.807) is 24.5 Å². The molecule has 154 valence electrons. The molecule has 0 saturated carbocycles. The number of amides is 2. The second-order valence-corrected chi connectivity index (χ2v) is 6.95. The highest BCUT2D eigenvalue weighted by Crippen LogP contribution is 2.27. The van der Waals surface area contributed by atoms with Gasteiger partial charge >= 0.3 is 0 Å². The van der Waals surface area contributed by atoms with E-state index in [9.17, 15) is 14.0 Å². The lowest BCUT2D eigenvalue weighted by atomic mass is 10.2. The van der Waals surface area contributed by atoms with E-state index in [4.69, 9.17) is 4.74 Å². The largest absolute Gasteiger partial charge is 0.487 e. The van der Waals surface area contributed by atoms with Gasteiger partial charge in [-0.15, -0.1) is 0 Å². The van der Waals surface area contributed by atoms with E-state index in [1.165, 1.54) is 22.8 Å². The van der Waals surface area contributed by atoms with Crippen LogP contribution in [-0.2, 0) is 11.3 Å². The number of aromatic nitrogens is 4. The van der Waals surface area contributed by atoms with Crippen molar-refractivity contribution in [1.29, 1.82) is 0 Å². The van der Waals surface area contributed by atoms with E-state index < -0.39 is 29.4 Å².